The molecule has 6 nitrogen and oxygen atoms in total. The number of nitrogens with zero attached hydrogens (tertiary/aromatic N) is 2. The highest BCUT2D eigenvalue weighted by Crippen LogP contribution is 2.24. The van der Waals surface area contributed by atoms with Crippen molar-refractivity contribution in [2.24, 2.45) is 0 Å². The van der Waals surface area contributed by atoms with Crippen LogP contribution in [0.25, 0.3) is 0 Å². The van der Waals surface area contributed by atoms with Crippen molar-refractivity contribution < 1.29 is 18.7 Å². The molecule has 1 aromatic heterocycles. The number of rotatable bonds is 2. The molecule has 0 spiro atoms. The molecule has 0 bridgehead atoms. The van der Waals surface area contributed by atoms with E-state index in [1.807, 2.05) is 0 Å². The van der Waals surface area contributed by atoms with E-state index in [2.05, 4.69) is 10.3 Å². The number of anilines is 1. The average Bonchev–Trinajstić information content (AvgIpc) is 2.79. The summed E-state index contributed by atoms with van der Waals surface area (Å²) in [5, 5.41) is 2.55. The van der Waals surface area contributed by atoms with Gasteiger partial charge in [-0.25, -0.2) is 14.2 Å². The summed E-state index contributed by atoms with van der Waals surface area (Å²) >= 11 is 0. The molecule has 2 heterocycles. The van der Waals surface area contributed by atoms with E-state index in [1.165, 1.54) is 0 Å². The van der Waals surface area contributed by atoms with Gasteiger partial charge in [0.25, 0.3) is 0 Å². The largest absolute Gasteiger partial charge is 0.444 e. The first-order valence-corrected chi connectivity index (χ1v) is 7.33. The Hall–Kier alpha value is -2.12. The Morgan fingerprint density at radius 1 is 1.43 bits per heavy atom. The second-order valence-corrected chi connectivity index (χ2v) is 6.42. The number of carbonyl (C=O) groups excluding carboxylic acids is 2. The van der Waals surface area contributed by atoms with Gasteiger partial charge in [0.2, 0.25) is 5.91 Å². The normalized spacial score (nSPS) is 21.1. The predicted molar refractivity (Wildman–Crippen MR) is 84.5 cm³/mol. The molecule has 0 saturated carbocycles. The lowest BCUT2D eigenvalue weighted by atomic mass is 10.0. The number of hydrogen-bond donors (Lipinski definition) is 1. The summed E-state index contributed by atoms with van der Waals surface area (Å²) < 4.78 is 18.9. The second kappa shape index (κ2) is 6.56. The zero-order valence-electron chi connectivity index (χ0n) is 13.4. The van der Waals surface area contributed by atoms with E-state index in [0.717, 1.165) is 4.90 Å². The standard InChI is InChI=1S/C15H19BFN3O3/c1-15(2,3)23-14(22)20-8-9(17)7-10(20)13(21)19-12-6-4-5-11(16)18-12/h4-6,9-10H,7-8H2,1-3H3,(H,18,19,21). The van der Waals surface area contributed by atoms with Crippen molar-refractivity contribution in [3.05, 3.63) is 18.2 Å². The fourth-order valence-corrected chi connectivity index (χ4v) is 2.29. The number of carbonyl (C=O) groups is 2. The number of alkyl halides is 1. The summed E-state index contributed by atoms with van der Waals surface area (Å²) in [4.78, 5) is 29.6. The van der Waals surface area contributed by atoms with Gasteiger partial charge in [-0.15, -0.1) is 0 Å². The highest BCUT2D eigenvalue weighted by Gasteiger charge is 2.41. The summed E-state index contributed by atoms with van der Waals surface area (Å²) in [5.41, 5.74) is -0.469. The van der Waals surface area contributed by atoms with E-state index >= 15 is 0 Å². The Labute approximate surface area is 135 Å². The van der Waals surface area contributed by atoms with Crippen LogP contribution in [0.15, 0.2) is 18.2 Å². The fraction of sp³-hybridized carbons (Fsp3) is 0.533. The van der Waals surface area contributed by atoms with Gasteiger partial charge in [0, 0.05) is 6.42 Å². The molecule has 0 aromatic carbocycles. The van der Waals surface area contributed by atoms with E-state index in [1.54, 1.807) is 39.0 Å². The Morgan fingerprint density at radius 3 is 2.74 bits per heavy atom. The van der Waals surface area contributed by atoms with Crippen molar-refractivity contribution in [1.29, 1.82) is 0 Å². The summed E-state index contributed by atoms with van der Waals surface area (Å²) in [6.45, 7) is 4.95. The van der Waals surface area contributed by atoms with Gasteiger partial charge in [-0.05, 0) is 32.4 Å². The molecule has 8 heteroatoms. The number of aromatic nitrogens is 1. The van der Waals surface area contributed by atoms with Crippen LogP contribution in [0.1, 0.15) is 27.2 Å². The van der Waals surface area contributed by atoms with Crippen molar-refractivity contribution in [3.8, 4) is 0 Å². The molecule has 1 aliphatic heterocycles. The predicted octanol–water partition coefficient (Wildman–Crippen LogP) is 1.16. The number of nitrogens with one attached hydrogen (secondary N) is 1. The van der Waals surface area contributed by atoms with Crippen molar-refractivity contribution >= 4 is 31.3 Å². The maximum absolute atomic E-state index is 13.7. The Morgan fingerprint density at radius 2 is 2.13 bits per heavy atom. The lowest BCUT2D eigenvalue weighted by Crippen LogP contribution is -2.45. The number of hydrogen-bond acceptors (Lipinski definition) is 4. The fourth-order valence-electron chi connectivity index (χ4n) is 2.29. The van der Waals surface area contributed by atoms with Crippen LogP contribution in [0.4, 0.5) is 15.0 Å². The van der Waals surface area contributed by atoms with Crippen molar-refractivity contribution in [1.82, 2.24) is 9.88 Å². The molecule has 2 unspecified atom stereocenters. The second-order valence-electron chi connectivity index (χ2n) is 6.42. The zero-order valence-corrected chi connectivity index (χ0v) is 13.4. The van der Waals surface area contributed by atoms with Gasteiger partial charge in [0.1, 0.15) is 31.5 Å². The Balaban J connectivity index is 2.09. The molecule has 2 amide bonds. The number of pyridine rings is 1. The van der Waals surface area contributed by atoms with Crippen LogP contribution >= 0.6 is 0 Å². The molecule has 1 saturated heterocycles. The number of halogens is 1. The van der Waals surface area contributed by atoms with Gasteiger partial charge < -0.3 is 10.1 Å². The summed E-state index contributed by atoms with van der Waals surface area (Å²) in [5.74, 6) is -0.268. The maximum atomic E-state index is 13.7. The molecule has 2 rings (SSSR count). The minimum Gasteiger partial charge on any atom is -0.444 e. The third kappa shape index (κ3) is 4.68. The van der Waals surface area contributed by atoms with Crippen molar-refractivity contribution in [2.45, 2.75) is 45.0 Å². The van der Waals surface area contributed by atoms with E-state index in [0.29, 0.717) is 0 Å². The molecule has 1 N–H and O–H groups in total. The van der Waals surface area contributed by atoms with Gasteiger partial charge in [-0.3, -0.25) is 9.69 Å². The number of likely N-dealkylation sites (tertiary alicyclic amines) is 1. The molecule has 2 radical (unpaired) electrons. The zero-order chi connectivity index (χ0) is 17.2. The van der Waals surface area contributed by atoms with Crippen molar-refractivity contribution in [2.75, 3.05) is 11.9 Å². The topological polar surface area (TPSA) is 71.5 Å². The Bertz CT molecular complexity index is 606. The SMILES string of the molecule is [B]c1cccc(NC(=O)C2CC(F)CN2C(=O)OC(C)(C)C)n1. The van der Waals surface area contributed by atoms with Crippen LogP contribution < -0.4 is 10.9 Å². The van der Waals surface area contributed by atoms with Crippen molar-refractivity contribution in [3.63, 3.8) is 0 Å². The van der Waals surface area contributed by atoms with Crippen LogP contribution in [-0.2, 0) is 9.53 Å². The smallest absolute Gasteiger partial charge is 0.411 e. The quantitative estimate of drug-likeness (QED) is 0.831. The van der Waals surface area contributed by atoms with Crippen LogP contribution in [0.5, 0.6) is 0 Å². The highest BCUT2D eigenvalue weighted by atomic mass is 19.1. The van der Waals surface area contributed by atoms with Gasteiger partial charge in [0.05, 0.1) is 6.54 Å². The first-order chi connectivity index (χ1) is 10.7. The van der Waals surface area contributed by atoms with E-state index in [4.69, 9.17) is 12.6 Å². The van der Waals surface area contributed by atoms with Crippen LogP contribution in [0.2, 0.25) is 0 Å². The molecule has 1 aliphatic rings. The van der Waals surface area contributed by atoms with E-state index in [9.17, 15) is 14.0 Å². The molecule has 1 aromatic rings. The first kappa shape index (κ1) is 17.2. The molecular formula is C15H19BFN3O3. The number of amides is 2. The molecule has 1 fully saturated rings. The van der Waals surface area contributed by atoms with Gasteiger partial charge in [-0.1, -0.05) is 12.1 Å². The van der Waals surface area contributed by atoms with Gasteiger partial charge in [0.15, 0.2) is 0 Å². The minimum absolute atomic E-state index is 0.0760. The molecule has 23 heavy (non-hydrogen) atoms. The lowest BCUT2D eigenvalue weighted by molar-refractivity contribution is -0.120. The van der Waals surface area contributed by atoms with E-state index in [-0.39, 0.29) is 24.4 Å². The lowest BCUT2D eigenvalue weighted by Gasteiger charge is -2.27. The third-order valence-corrected chi connectivity index (χ3v) is 3.20. The molecule has 2 atom stereocenters. The number of ether oxygens (including phenoxy) is 1. The first-order valence-electron chi connectivity index (χ1n) is 7.33. The highest BCUT2D eigenvalue weighted by molar-refractivity contribution is 6.30. The third-order valence-electron chi connectivity index (χ3n) is 3.20. The molecule has 0 aliphatic carbocycles. The molecule has 122 valence electrons. The Kier molecular flexibility index (Phi) is 4.92. The monoisotopic (exact) mass is 319 g/mol. The summed E-state index contributed by atoms with van der Waals surface area (Å²) in [6, 6.07) is 3.84. The maximum Gasteiger partial charge on any atom is 0.411 e. The van der Waals surface area contributed by atoms with Crippen LogP contribution in [-0.4, -0.2) is 54.1 Å². The van der Waals surface area contributed by atoms with Gasteiger partial charge in [-0.2, -0.15) is 0 Å². The minimum atomic E-state index is -1.27. The van der Waals surface area contributed by atoms with Crippen LogP contribution in [0, 0.1) is 0 Å². The average molecular weight is 319 g/mol. The summed E-state index contributed by atoms with van der Waals surface area (Å²) in [6.07, 6.45) is -2.06. The summed E-state index contributed by atoms with van der Waals surface area (Å²) in [7, 11) is 5.55. The molecular weight excluding hydrogens is 300 g/mol. The van der Waals surface area contributed by atoms with Gasteiger partial charge >= 0.3 is 6.09 Å². The van der Waals surface area contributed by atoms with Crippen LogP contribution in [0.3, 0.4) is 0 Å². The van der Waals surface area contributed by atoms with E-state index < -0.39 is 29.8 Å².